The summed E-state index contributed by atoms with van der Waals surface area (Å²) in [5.41, 5.74) is 1.58. The molecule has 1 amide bonds. The molecule has 0 unspecified atom stereocenters. The maximum atomic E-state index is 13.1. The maximum absolute atomic E-state index is 13.1. The molecule has 0 fully saturated rings. The van der Waals surface area contributed by atoms with Crippen LogP contribution in [0, 0.1) is 5.82 Å². The van der Waals surface area contributed by atoms with Gasteiger partial charge in [0.15, 0.2) is 5.58 Å². The Morgan fingerprint density at radius 1 is 1.32 bits per heavy atom. The van der Waals surface area contributed by atoms with E-state index in [-0.39, 0.29) is 18.1 Å². The Bertz CT molecular complexity index is 829. The Kier molecular flexibility index (Phi) is 3.74. The minimum Gasteiger partial charge on any atom is -0.494 e. The van der Waals surface area contributed by atoms with Crippen LogP contribution in [0.5, 0.6) is 5.75 Å². The number of para-hydroxylation sites is 1. The number of aromatic nitrogens is 1. The van der Waals surface area contributed by atoms with E-state index in [0.29, 0.717) is 17.0 Å². The fourth-order valence-corrected chi connectivity index (χ4v) is 2.18. The zero-order valence-corrected chi connectivity index (χ0v) is 11.8. The number of rotatable bonds is 4. The number of ether oxygens (including phenoxy) is 1. The zero-order valence-electron chi connectivity index (χ0n) is 11.8. The zero-order chi connectivity index (χ0) is 15.5. The third-order valence-electron chi connectivity index (χ3n) is 3.22. The lowest BCUT2D eigenvalue weighted by molar-refractivity contribution is -0.115. The average Bonchev–Trinajstić information content (AvgIpc) is 2.92. The van der Waals surface area contributed by atoms with Crippen molar-refractivity contribution in [3.05, 3.63) is 54.0 Å². The van der Waals surface area contributed by atoms with Crippen molar-refractivity contribution >= 4 is 22.6 Å². The highest BCUT2D eigenvalue weighted by Gasteiger charge is 2.14. The first-order chi connectivity index (χ1) is 10.7. The highest BCUT2D eigenvalue weighted by molar-refractivity contribution is 5.95. The van der Waals surface area contributed by atoms with Gasteiger partial charge in [-0.1, -0.05) is 17.3 Å². The van der Waals surface area contributed by atoms with Crippen molar-refractivity contribution in [2.24, 2.45) is 0 Å². The van der Waals surface area contributed by atoms with Gasteiger partial charge in [0, 0.05) is 11.5 Å². The first-order valence-electron chi connectivity index (χ1n) is 6.64. The van der Waals surface area contributed by atoms with Crippen molar-refractivity contribution in [1.82, 2.24) is 5.16 Å². The van der Waals surface area contributed by atoms with Gasteiger partial charge in [-0.3, -0.25) is 4.79 Å². The molecule has 3 rings (SSSR count). The van der Waals surface area contributed by atoms with Crippen LogP contribution in [0.15, 0.2) is 47.0 Å². The molecule has 22 heavy (non-hydrogen) atoms. The molecule has 0 aliphatic rings. The molecule has 1 aromatic heterocycles. The topological polar surface area (TPSA) is 64.4 Å². The van der Waals surface area contributed by atoms with Gasteiger partial charge in [0.05, 0.1) is 19.2 Å². The van der Waals surface area contributed by atoms with E-state index in [4.69, 9.17) is 9.26 Å². The molecule has 0 atom stereocenters. The highest BCUT2D eigenvalue weighted by Crippen LogP contribution is 2.25. The van der Waals surface area contributed by atoms with E-state index in [1.807, 2.05) is 18.2 Å². The van der Waals surface area contributed by atoms with Crippen molar-refractivity contribution in [3.63, 3.8) is 0 Å². The van der Waals surface area contributed by atoms with Crippen LogP contribution in [-0.2, 0) is 11.2 Å². The molecule has 0 aliphatic carbocycles. The molecule has 1 N–H and O–H groups in total. The Hall–Kier alpha value is -2.89. The molecule has 0 spiro atoms. The Labute approximate surface area is 125 Å². The first kappa shape index (κ1) is 14.1. The van der Waals surface area contributed by atoms with Crippen LogP contribution in [0.25, 0.3) is 11.0 Å². The number of halogens is 1. The Morgan fingerprint density at radius 2 is 2.14 bits per heavy atom. The monoisotopic (exact) mass is 300 g/mol. The second-order valence-electron chi connectivity index (χ2n) is 4.69. The molecule has 1 heterocycles. The summed E-state index contributed by atoms with van der Waals surface area (Å²) in [6.45, 7) is 0. The van der Waals surface area contributed by atoms with Crippen molar-refractivity contribution in [2.75, 3.05) is 12.4 Å². The molecular weight excluding hydrogens is 287 g/mol. The minimum absolute atomic E-state index is 0.0531. The van der Waals surface area contributed by atoms with Crippen LogP contribution in [-0.4, -0.2) is 18.2 Å². The molecule has 2 aromatic carbocycles. The van der Waals surface area contributed by atoms with Crippen LogP contribution in [0.4, 0.5) is 10.1 Å². The number of anilines is 1. The van der Waals surface area contributed by atoms with Crippen molar-refractivity contribution in [2.45, 2.75) is 6.42 Å². The van der Waals surface area contributed by atoms with E-state index in [1.54, 1.807) is 6.07 Å². The van der Waals surface area contributed by atoms with Crippen LogP contribution in [0.3, 0.4) is 0 Å². The van der Waals surface area contributed by atoms with Crippen molar-refractivity contribution in [3.8, 4) is 5.75 Å². The summed E-state index contributed by atoms with van der Waals surface area (Å²) in [7, 11) is 1.41. The summed E-state index contributed by atoms with van der Waals surface area (Å²) in [6.07, 6.45) is 0.0531. The summed E-state index contributed by atoms with van der Waals surface area (Å²) in [6, 6.07) is 11.2. The van der Waals surface area contributed by atoms with Gasteiger partial charge in [0.25, 0.3) is 0 Å². The van der Waals surface area contributed by atoms with Gasteiger partial charge in [-0.05, 0) is 24.3 Å². The Balaban J connectivity index is 1.78. The molecule has 3 aromatic rings. The minimum atomic E-state index is -0.433. The normalized spacial score (nSPS) is 10.6. The summed E-state index contributed by atoms with van der Waals surface area (Å²) < 4.78 is 23.3. The Morgan fingerprint density at radius 3 is 2.95 bits per heavy atom. The van der Waals surface area contributed by atoms with Crippen molar-refractivity contribution < 1.29 is 18.4 Å². The predicted molar refractivity (Wildman–Crippen MR) is 79.3 cm³/mol. The fourth-order valence-electron chi connectivity index (χ4n) is 2.18. The first-order valence-corrected chi connectivity index (χ1v) is 6.64. The number of nitrogens with zero attached hydrogens (tertiary/aromatic N) is 1. The average molecular weight is 300 g/mol. The highest BCUT2D eigenvalue weighted by atomic mass is 19.1. The molecule has 5 nitrogen and oxygen atoms in total. The number of fused-ring (bicyclic) bond motifs is 1. The summed E-state index contributed by atoms with van der Waals surface area (Å²) in [4.78, 5) is 12.1. The number of methoxy groups -OCH3 is 1. The lowest BCUT2D eigenvalue weighted by atomic mass is 10.1. The van der Waals surface area contributed by atoms with Gasteiger partial charge in [-0.2, -0.15) is 0 Å². The summed E-state index contributed by atoms with van der Waals surface area (Å²) in [5.74, 6) is -0.459. The quantitative estimate of drug-likeness (QED) is 0.804. The van der Waals surface area contributed by atoms with E-state index in [1.165, 1.54) is 25.3 Å². The third-order valence-corrected chi connectivity index (χ3v) is 3.22. The standard InChI is InChI=1S/C16H13FN2O3/c1-21-15-8-10(17)6-7-12(15)18-16(20)9-13-11-4-2-3-5-14(11)22-19-13/h2-8H,9H2,1H3,(H,18,20). The van der Waals surface area contributed by atoms with Gasteiger partial charge in [-0.25, -0.2) is 4.39 Å². The second kappa shape index (κ2) is 5.85. The maximum Gasteiger partial charge on any atom is 0.230 e. The van der Waals surface area contributed by atoms with E-state index in [2.05, 4.69) is 10.5 Å². The van der Waals surface area contributed by atoms with Gasteiger partial charge < -0.3 is 14.6 Å². The third kappa shape index (κ3) is 2.76. The molecule has 0 radical (unpaired) electrons. The molecular formula is C16H13FN2O3. The number of benzene rings is 2. The molecule has 6 heteroatoms. The number of nitrogens with one attached hydrogen (secondary N) is 1. The predicted octanol–water partition coefficient (Wildman–Crippen LogP) is 3.16. The molecule has 0 saturated heterocycles. The van der Waals surface area contributed by atoms with Crippen LogP contribution in [0.2, 0.25) is 0 Å². The number of hydrogen-bond acceptors (Lipinski definition) is 4. The SMILES string of the molecule is COc1cc(F)ccc1NC(=O)Cc1noc2ccccc12. The number of amides is 1. The van der Waals surface area contributed by atoms with E-state index in [0.717, 1.165) is 5.39 Å². The molecule has 0 aliphatic heterocycles. The van der Waals surface area contributed by atoms with Crippen LogP contribution < -0.4 is 10.1 Å². The molecule has 0 bridgehead atoms. The number of hydrogen-bond donors (Lipinski definition) is 1. The van der Waals surface area contributed by atoms with Gasteiger partial charge >= 0.3 is 0 Å². The summed E-state index contributed by atoms with van der Waals surface area (Å²) >= 11 is 0. The van der Waals surface area contributed by atoms with Crippen LogP contribution >= 0.6 is 0 Å². The van der Waals surface area contributed by atoms with E-state index < -0.39 is 5.82 Å². The van der Waals surface area contributed by atoms with Crippen LogP contribution in [0.1, 0.15) is 5.69 Å². The van der Waals surface area contributed by atoms with Gasteiger partial charge in [0.1, 0.15) is 17.3 Å². The van der Waals surface area contributed by atoms with Gasteiger partial charge in [-0.15, -0.1) is 0 Å². The van der Waals surface area contributed by atoms with E-state index in [9.17, 15) is 9.18 Å². The molecule has 0 saturated carbocycles. The second-order valence-corrected chi connectivity index (χ2v) is 4.69. The van der Waals surface area contributed by atoms with E-state index >= 15 is 0 Å². The number of carbonyl (C=O) groups is 1. The van der Waals surface area contributed by atoms with Gasteiger partial charge in [0.2, 0.25) is 5.91 Å². The lowest BCUT2D eigenvalue weighted by Gasteiger charge is -2.09. The fraction of sp³-hybridized carbons (Fsp3) is 0.125. The lowest BCUT2D eigenvalue weighted by Crippen LogP contribution is -2.15. The number of carbonyl (C=O) groups excluding carboxylic acids is 1. The van der Waals surface area contributed by atoms with Crippen molar-refractivity contribution in [1.29, 1.82) is 0 Å². The smallest absolute Gasteiger partial charge is 0.230 e. The largest absolute Gasteiger partial charge is 0.494 e. The summed E-state index contributed by atoms with van der Waals surface area (Å²) in [5, 5.41) is 7.38. The molecule has 112 valence electrons.